The van der Waals surface area contributed by atoms with Crippen LogP contribution >= 0.6 is 12.4 Å². The largest absolute Gasteiger partial charge is 0.496 e. The average molecular weight is 331 g/mol. The highest BCUT2D eigenvalue weighted by atomic mass is 35.5. The van der Waals surface area contributed by atoms with Crippen LogP contribution in [0.1, 0.15) is 42.6 Å². The molecule has 0 radical (unpaired) electrons. The second-order valence-electron chi connectivity index (χ2n) is 5.15. The van der Waals surface area contributed by atoms with Gasteiger partial charge in [-0.1, -0.05) is 13.8 Å². The van der Waals surface area contributed by atoms with Crippen molar-refractivity contribution in [3.8, 4) is 11.5 Å². The van der Waals surface area contributed by atoms with Crippen molar-refractivity contribution < 1.29 is 14.3 Å². The molecule has 5 nitrogen and oxygen atoms in total. The fourth-order valence-corrected chi connectivity index (χ4v) is 2.30. The van der Waals surface area contributed by atoms with E-state index in [1.165, 1.54) is 0 Å². The van der Waals surface area contributed by atoms with Crippen molar-refractivity contribution in [1.29, 1.82) is 0 Å². The first-order chi connectivity index (χ1) is 9.96. The van der Waals surface area contributed by atoms with E-state index in [4.69, 9.17) is 15.2 Å². The summed E-state index contributed by atoms with van der Waals surface area (Å²) in [4.78, 5) is 12.5. The van der Waals surface area contributed by atoms with Crippen LogP contribution < -0.4 is 20.5 Å². The van der Waals surface area contributed by atoms with Crippen molar-refractivity contribution in [3.05, 3.63) is 23.3 Å². The van der Waals surface area contributed by atoms with E-state index < -0.39 is 0 Å². The number of amides is 1. The molecule has 22 heavy (non-hydrogen) atoms. The van der Waals surface area contributed by atoms with Gasteiger partial charge in [-0.15, -0.1) is 12.4 Å². The van der Waals surface area contributed by atoms with E-state index in [1.54, 1.807) is 26.4 Å². The predicted octanol–water partition coefficient (Wildman–Crippen LogP) is 2.68. The van der Waals surface area contributed by atoms with Crippen LogP contribution in [0.2, 0.25) is 0 Å². The van der Waals surface area contributed by atoms with Gasteiger partial charge < -0.3 is 20.5 Å². The molecule has 1 amide bonds. The van der Waals surface area contributed by atoms with Gasteiger partial charge in [0.15, 0.2) is 0 Å². The number of nitrogens with two attached hydrogens (primary N) is 1. The number of rotatable bonds is 7. The number of carbonyl (C=O) groups excluding carboxylic acids is 1. The first-order valence-corrected chi connectivity index (χ1v) is 7.22. The van der Waals surface area contributed by atoms with Crippen LogP contribution in [0.4, 0.5) is 0 Å². The number of carbonyl (C=O) groups is 1. The van der Waals surface area contributed by atoms with Crippen LogP contribution in [0.15, 0.2) is 12.1 Å². The summed E-state index contributed by atoms with van der Waals surface area (Å²) in [5.74, 6) is 1.09. The number of hydrogen-bond acceptors (Lipinski definition) is 4. The molecule has 6 heteroatoms. The van der Waals surface area contributed by atoms with Crippen molar-refractivity contribution in [2.24, 2.45) is 5.73 Å². The first-order valence-electron chi connectivity index (χ1n) is 7.22. The molecular formula is C16H27ClN2O3. The summed E-state index contributed by atoms with van der Waals surface area (Å²) in [6.45, 7) is 6.34. The van der Waals surface area contributed by atoms with Gasteiger partial charge in [0, 0.05) is 17.7 Å². The molecule has 126 valence electrons. The van der Waals surface area contributed by atoms with Gasteiger partial charge in [0.1, 0.15) is 11.5 Å². The molecule has 0 aliphatic carbocycles. The second-order valence-corrected chi connectivity index (χ2v) is 5.15. The van der Waals surface area contributed by atoms with Crippen molar-refractivity contribution in [2.45, 2.75) is 39.2 Å². The molecule has 0 heterocycles. The smallest absolute Gasteiger partial charge is 0.252 e. The lowest BCUT2D eigenvalue weighted by molar-refractivity contribution is 0.0894. The Morgan fingerprint density at radius 2 is 1.64 bits per heavy atom. The molecule has 0 unspecified atom stereocenters. The predicted molar refractivity (Wildman–Crippen MR) is 91.4 cm³/mol. The Balaban J connectivity index is 0.00000441. The van der Waals surface area contributed by atoms with Gasteiger partial charge in [0.05, 0.1) is 19.8 Å². The van der Waals surface area contributed by atoms with E-state index in [0.717, 1.165) is 18.4 Å². The molecule has 1 aromatic carbocycles. The van der Waals surface area contributed by atoms with Crippen molar-refractivity contribution in [2.75, 3.05) is 20.8 Å². The van der Waals surface area contributed by atoms with Crippen LogP contribution in [-0.2, 0) is 0 Å². The van der Waals surface area contributed by atoms with E-state index >= 15 is 0 Å². The molecule has 1 aromatic rings. The third-order valence-corrected chi connectivity index (χ3v) is 4.14. The third-order valence-electron chi connectivity index (χ3n) is 4.14. The molecule has 0 fully saturated rings. The number of methoxy groups -OCH3 is 2. The van der Waals surface area contributed by atoms with Crippen LogP contribution in [-0.4, -0.2) is 32.2 Å². The van der Waals surface area contributed by atoms with Gasteiger partial charge in [-0.2, -0.15) is 0 Å². The maximum Gasteiger partial charge on any atom is 0.252 e. The minimum Gasteiger partial charge on any atom is -0.496 e. The molecule has 0 spiro atoms. The summed E-state index contributed by atoms with van der Waals surface area (Å²) < 4.78 is 10.6. The standard InChI is InChI=1S/C16H26N2O3.ClH/c1-6-16(7-2,10-17)18-15(19)12-8-13(20-4)11(3)14(9-12)21-5;/h8-9H,6-7,10,17H2,1-5H3,(H,18,19);1H. The number of ether oxygens (including phenoxy) is 2. The Kier molecular flexibility index (Phi) is 8.27. The Hall–Kier alpha value is -1.46. The molecule has 1 rings (SSSR count). The van der Waals surface area contributed by atoms with Gasteiger partial charge in [0.2, 0.25) is 0 Å². The SMILES string of the molecule is CCC(CC)(CN)NC(=O)c1cc(OC)c(C)c(OC)c1.Cl. The fourth-order valence-electron chi connectivity index (χ4n) is 2.30. The van der Waals surface area contributed by atoms with Gasteiger partial charge in [-0.3, -0.25) is 4.79 Å². The van der Waals surface area contributed by atoms with Gasteiger partial charge in [-0.05, 0) is 31.9 Å². The molecular weight excluding hydrogens is 304 g/mol. The molecule has 0 saturated carbocycles. The maximum atomic E-state index is 12.5. The zero-order chi connectivity index (χ0) is 16.0. The topological polar surface area (TPSA) is 73.6 Å². The monoisotopic (exact) mass is 330 g/mol. The maximum absolute atomic E-state index is 12.5. The summed E-state index contributed by atoms with van der Waals surface area (Å²) >= 11 is 0. The normalized spacial score (nSPS) is 10.6. The second kappa shape index (κ2) is 8.86. The number of halogens is 1. The quantitative estimate of drug-likeness (QED) is 0.806. The number of hydrogen-bond donors (Lipinski definition) is 2. The zero-order valence-corrected chi connectivity index (χ0v) is 14.8. The summed E-state index contributed by atoms with van der Waals surface area (Å²) in [6, 6.07) is 3.44. The molecule has 0 aliphatic rings. The number of benzene rings is 1. The van der Waals surface area contributed by atoms with E-state index in [0.29, 0.717) is 23.6 Å². The minimum atomic E-state index is -0.373. The molecule has 0 aliphatic heterocycles. The lowest BCUT2D eigenvalue weighted by atomic mass is 9.92. The number of nitrogens with one attached hydrogen (secondary N) is 1. The van der Waals surface area contributed by atoms with Crippen LogP contribution in [0.3, 0.4) is 0 Å². The van der Waals surface area contributed by atoms with Crippen LogP contribution in [0, 0.1) is 6.92 Å². The first kappa shape index (κ1) is 20.5. The Morgan fingerprint density at radius 1 is 1.18 bits per heavy atom. The summed E-state index contributed by atoms with van der Waals surface area (Å²) in [7, 11) is 3.15. The van der Waals surface area contributed by atoms with Gasteiger partial charge in [-0.25, -0.2) is 0 Å². The highest BCUT2D eigenvalue weighted by molar-refractivity contribution is 5.95. The lowest BCUT2D eigenvalue weighted by Gasteiger charge is -2.31. The highest BCUT2D eigenvalue weighted by Crippen LogP contribution is 2.29. The molecule has 3 N–H and O–H groups in total. The van der Waals surface area contributed by atoms with E-state index in [-0.39, 0.29) is 23.9 Å². The highest BCUT2D eigenvalue weighted by Gasteiger charge is 2.27. The van der Waals surface area contributed by atoms with E-state index in [9.17, 15) is 4.79 Å². The average Bonchev–Trinajstić information content (AvgIpc) is 2.52. The van der Waals surface area contributed by atoms with Crippen molar-refractivity contribution >= 4 is 18.3 Å². The molecule has 0 aromatic heterocycles. The fraction of sp³-hybridized carbons (Fsp3) is 0.562. The molecule has 0 bridgehead atoms. The lowest BCUT2D eigenvalue weighted by Crippen LogP contribution is -2.52. The third kappa shape index (κ3) is 4.27. The van der Waals surface area contributed by atoms with Crippen LogP contribution in [0.5, 0.6) is 11.5 Å². The van der Waals surface area contributed by atoms with Gasteiger partial charge in [0.25, 0.3) is 5.91 Å². The van der Waals surface area contributed by atoms with Gasteiger partial charge >= 0.3 is 0 Å². The van der Waals surface area contributed by atoms with Crippen molar-refractivity contribution in [3.63, 3.8) is 0 Å². The van der Waals surface area contributed by atoms with Crippen molar-refractivity contribution in [1.82, 2.24) is 5.32 Å². The summed E-state index contributed by atoms with van der Waals surface area (Å²) in [5, 5.41) is 3.04. The molecule has 0 saturated heterocycles. The Bertz CT molecular complexity index is 469. The molecule has 0 atom stereocenters. The zero-order valence-electron chi connectivity index (χ0n) is 14.0. The van der Waals surface area contributed by atoms with Crippen LogP contribution in [0.25, 0.3) is 0 Å². The minimum absolute atomic E-state index is 0. The Labute approximate surface area is 139 Å². The van der Waals surface area contributed by atoms with E-state index in [2.05, 4.69) is 5.32 Å². The van der Waals surface area contributed by atoms with E-state index in [1.807, 2.05) is 20.8 Å². The Morgan fingerprint density at radius 3 is 1.95 bits per heavy atom. The summed E-state index contributed by atoms with van der Waals surface area (Å²) in [6.07, 6.45) is 1.57. The summed E-state index contributed by atoms with van der Waals surface area (Å²) in [5.41, 5.74) is 6.83.